The van der Waals surface area contributed by atoms with Crippen molar-refractivity contribution in [1.82, 2.24) is 16.0 Å². The van der Waals surface area contributed by atoms with Crippen LogP contribution in [0, 0.1) is 0 Å². The van der Waals surface area contributed by atoms with Crippen molar-refractivity contribution in [3.63, 3.8) is 0 Å². The first kappa shape index (κ1) is 11.9. The van der Waals surface area contributed by atoms with E-state index in [1.807, 2.05) is 27.2 Å². The van der Waals surface area contributed by atoms with E-state index < -0.39 is 0 Å². The number of fused-ring (bicyclic) bond motifs is 1. The lowest BCUT2D eigenvalue weighted by Gasteiger charge is -2.35. The molecule has 16 heavy (non-hydrogen) atoms. The van der Waals surface area contributed by atoms with E-state index in [2.05, 4.69) is 49.3 Å². The molecule has 1 heterocycles. The Morgan fingerprint density at radius 1 is 1.25 bits per heavy atom. The second-order valence-electron chi connectivity index (χ2n) is 3.86. The third-order valence-electron chi connectivity index (χ3n) is 3.22. The summed E-state index contributed by atoms with van der Waals surface area (Å²) in [6.07, 6.45) is 0.117. The fourth-order valence-corrected chi connectivity index (χ4v) is 2.72. The minimum Gasteiger partial charge on any atom is -0.366 e. The topological polar surface area (TPSA) is 48.1 Å². The predicted molar refractivity (Wildman–Crippen MR) is 70.4 cm³/mol. The van der Waals surface area contributed by atoms with Gasteiger partial charge in [-0.05, 0) is 39.3 Å². The molecule has 0 amide bonds. The maximum Gasteiger partial charge on any atom is 0.131 e. The predicted octanol–water partition coefficient (Wildman–Crippen LogP) is 1.01. The van der Waals surface area contributed by atoms with E-state index in [4.69, 9.17) is 0 Å². The van der Waals surface area contributed by atoms with Gasteiger partial charge in [-0.25, -0.2) is 0 Å². The van der Waals surface area contributed by atoms with E-state index >= 15 is 0 Å². The SMILES string of the molecule is CNC1Nc2ccc(Br)cc2C1(NC)NC. The molecule has 4 N–H and O–H groups in total. The molecule has 0 saturated heterocycles. The van der Waals surface area contributed by atoms with Crippen LogP contribution in [0.15, 0.2) is 22.7 Å². The first-order valence-corrected chi connectivity index (χ1v) is 6.09. The highest BCUT2D eigenvalue weighted by molar-refractivity contribution is 9.10. The number of rotatable bonds is 3. The Hall–Kier alpha value is -0.620. The van der Waals surface area contributed by atoms with Crippen LogP contribution in [0.5, 0.6) is 0 Å². The molecule has 1 aromatic carbocycles. The first-order chi connectivity index (χ1) is 7.67. The molecule has 1 aromatic rings. The van der Waals surface area contributed by atoms with Crippen molar-refractivity contribution >= 4 is 21.6 Å². The standard InChI is InChI=1S/C11H17BrN4/c1-13-10-11(14-2,15-3)8-6-7(12)4-5-9(8)16-10/h4-6,10,13-16H,1-3H3. The van der Waals surface area contributed by atoms with Crippen LogP contribution >= 0.6 is 15.9 Å². The lowest BCUT2D eigenvalue weighted by molar-refractivity contribution is 0.251. The van der Waals surface area contributed by atoms with Crippen LogP contribution in [-0.2, 0) is 5.66 Å². The number of likely N-dealkylation sites (N-methyl/N-ethyl adjacent to an activating group) is 3. The fourth-order valence-electron chi connectivity index (χ4n) is 2.36. The van der Waals surface area contributed by atoms with Crippen LogP contribution < -0.4 is 21.3 Å². The van der Waals surface area contributed by atoms with E-state index in [1.54, 1.807) is 0 Å². The quantitative estimate of drug-likeness (QED) is 0.626. The molecule has 4 nitrogen and oxygen atoms in total. The average molecular weight is 285 g/mol. The van der Waals surface area contributed by atoms with Gasteiger partial charge in [0.1, 0.15) is 11.8 Å². The van der Waals surface area contributed by atoms with Crippen LogP contribution in [0.25, 0.3) is 0 Å². The zero-order chi connectivity index (χ0) is 11.8. The highest BCUT2D eigenvalue weighted by Gasteiger charge is 2.44. The number of hydrogen-bond acceptors (Lipinski definition) is 4. The molecule has 0 spiro atoms. The van der Waals surface area contributed by atoms with Gasteiger partial charge >= 0.3 is 0 Å². The molecular formula is C11H17BrN4. The minimum absolute atomic E-state index is 0.117. The summed E-state index contributed by atoms with van der Waals surface area (Å²) >= 11 is 3.51. The molecule has 0 aromatic heterocycles. The van der Waals surface area contributed by atoms with Crippen molar-refractivity contribution in [2.24, 2.45) is 0 Å². The second kappa shape index (κ2) is 4.33. The molecular weight excluding hydrogens is 268 g/mol. The van der Waals surface area contributed by atoms with E-state index in [1.165, 1.54) is 5.56 Å². The van der Waals surface area contributed by atoms with Crippen molar-refractivity contribution < 1.29 is 0 Å². The smallest absolute Gasteiger partial charge is 0.131 e. The van der Waals surface area contributed by atoms with Crippen LogP contribution in [0.2, 0.25) is 0 Å². The summed E-state index contributed by atoms with van der Waals surface area (Å²) in [5.74, 6) is 0. The van der Waals surface area contributed by atoms with Crippen LogP contribution in [0.1, 0.15) is 5.56 Å². The van der Waals surface area contributed by atoms with E-state index in [0.717, 1.165) is 10.2 Å². The van der Waals surface area contributed by atoms with E-state index in [9.17, 15) is 0 Å². The highest BCUT2D eigenvalue weighted by Crippen LogP contribution is 2.37. The molecule has 0 bridgehead atoms. The number of halogens is 1. The van der Waals surface area contributed by atoms with Crippen molar-refractivity contribution in [3.05, 3.63) is 28.2 Å². The van der Waals surface area contributed by atoms with Crippen LogP contribution in [-0.4, -0.2) is 27.3 Å². The van der Waals surface area contributed by atoms with Gasteiger partial charge in [0.15, 0.2) is 0 Å². The Bertz CT molecular complexity index is 390. The van der Waals surface area contributed by atoms with Crippen molar-refractivity contribution in [1.29, 1.82) is 0 Å². The third-order valence-corrected chi connectivity index (χ3v) is 3.71. The summed E-state index contributed by atoms with van der Waals surface area (Å²) in [6.45, 7) is 0. The molecule has 0 aliphatic carbocycles. The van der Waals surface area contributed by atoms with Gasteiger partial charge in [0.2, 0.25) is 0 Å². The largest absolute Gasteiger partial charge is 0.366 e. The van der Waals surface area contributed by atoms with E-state index in [0.29, 0.717) is 0 Å². The number of anilines is 1. The molecule has 0 fully saturated rings. The first-order valence-electron chi connectivity index (χ1n) is 5.29. The Morgan fingerprint density at radius 2 is 1.94 bits per heavy atom. The van der Waals surface area contributed by atoms with E-state index in [-0.39, 0.29) is 11.8 Å². The van der Waals surface area contributed by atoms with Gasteiger partial charge in [-0.15, -0.1) is 0 Å². The molecule has 0 saturated carbocycles. The zero-order valence-electron chi connectivity index (χ0n) is 9.69. The second-order valence-corrected chi connectivity index (χ2v) is 4.78. The fraction of sp³-hybridized carbons (Fsp3) is 0.455. The van der Waals surface area contributed by atoms with Crippen molar-refractivity contribution in [2.75, 3.05) is 26.5 Å². The normalized spacial score (nSPS) is 21.6. The summed E-state index contributed by atoms with van der Waals surface area (Å²) in [4.78, 5) is 0. The maximum atomic E-state index is 3.51. The van der Waals surface area contributed by atoms with Crippen LogP contribution in [0.4, 0.5) is 5.69 Å². The summed E-state index contributed by atoms with van der Waals surface area (Å²) in [7, 11) is 5.86. The number of hydrogen-bond donors (Lipinski definition) is 4. The van der Waals surface area contributed by atoms with Gasteiger partial charge in [-0.2, -0.15) is 0 Å². The Balaban J connectivity index is 2.54. The molecule has 1 aliphatic heterocycles. The lowest BCUT2D eigenvalue weighted by Crippen LogP contribution is -2.62. The summed E-state index contributed by atoms with van der Waals surface area (Å²) in [5, 5.41) is 13.4. The van der Waals surface area contributed by atoms with Gasteiger partial charge in [0, 0.05) is 15.7 Å². The molecule has 1 aliphatic rings. The summed E-state index contributed by atoms with van der Waals surface area (Å²) in [5.41, 5.74) is 2.07. The Labute approximate surface area is 104 Å². The van der Waals surface area contributed by atoms with Gasteiger partial charge in [-0.1, -0.05) is 15.9 Å². The third kappa shape index (κ3) is 1.55. The van der Waals surface area contributed by atoms with Crippen molar-refractivity contribution in [2.45, 2.75) is 11.8 Å². The summed E-state index contributed by atoms with van der Waals surface area (Å²) < 4.78 is 1.08. The number of nitrogens with one attached hydrogen (secondary N) is 4. The Kier molecular flexibility index (Phi) is 3.21. The zero-order valence-corrected chi connectivity index (χ0v) is 11.3. The molecule has 1 unspecified atom stereocenters. The Morgan fingerprint density at radius 3 is 2.50 bits per heavy atom. The monoisotopic (exact) mass is 284 g/mol. The lowest BCUT2D eigenvalue weighted by atomic mass is 9.99. The molecule has 1 atom stereocenters. The minimum atomic E-state index is -0.284. The van der Waals surface area contributed by atoms with Gasteiger partial charge in [0.25, 0.3) is 0 Å². The van der Waals surface area contributed by atoms with Crippen LogP contribution in [0.3, 0.4) is 0 Å². The van der Waals surface area contributed by atoms with Gasteiger partial charge in [0.05, 0.1) is 0 Å². The molecule has 88 valence electrons. The average Bonchev–Trinajstić information content (AvgIpc) is 2.62. The highest BCUT2D eigenvalue weighted by atomic mass is 79.9. The molecule has 5 heteroatoms. The maximum absolute atomic E-state index is 3.51. The van der Waals surface area contributed by atoms with Gasteiger partial charge < -0.3 is 5.32 Å². The molecule has 2 rings (SSSR count). The number of benzene rings is 1. The molecule has 0 radical (unpaired) electrons. The van der Waals surface area contributed by atoms with Crippen molar-refractivity contribution in [3.8, 4) is 0 Å². The van der Waals surface area contributed by atoms with Gasteiger partial charge in [-0.3, -0.25) is 16.0 Å². The summed E-state index contributed by atoms with van der Waals surface area (Å²) in [6, 6.07) is 6.26.